The van der Waals surface area contributed by atoms with Gasteiger partial charge in [0.25, 0.3) is 0 Å². The Morgan fingerprint density at radius 2 is 1.82 bits per heavy atom. The second kappa shape index (κ2) is 6.72. The van der Waals surface area contributed by atoms with E-state index in [1.165, 1.54) is 6.08 Å². The van der Waals surface area contributed by atoms with Gasteiger partial charge in [-0.2, -0.15) is 8.42 Å². The average Bonchev–Trinajstić information content (AvgIpc) is 2.48. The van der Waals surface area contributed by atoms with Gasteiger partial charge in [-0.15, -0.1) is 0 Å². The first-order chi connectivity index (χ1) is 10.4. The molecule has 0 aliphatic heterocycles. The first-order valence-corrected chi connectivity index (χ1v) is 7.71. The third kappa shape index (κ3) is 3.52. The molecule has 0 unspecified atom stereocenters. The van der Waals surface area contributed by atoms with E-state index in [-0.39, 0.29) is 39.7 Å². The van der Waals surface area contributed by atoms with E-state index in [1.807, 2.05) is 0 Å². The van der Waals surface area contributed by atoms with E-state index in [2.05, 4.69) is 0 Å². The Kier molecular flexibility index (Phi) is 4.95. The predicted molar refractivity (Wildman–Crippen MR) is 82.5 cm³/mol. The Hall–Kier alpha value is -2.18. The molecule has 2 rings (SSSR count). The summed E-state index contributed by atoms with van der Waals surface area (Å²) in [5, 5.41) is 9.33. The highest BCUT2D eigenvalue weighted by atomic mass is 35.5. The number of carbonyl (C=O) groups excluding carboxylic acids is 1. The largest absolute Gasteiger partial charge is 0.478 e. The minimum atomic E-state index is -2.64. The van der Waals surface area contributed by atoms with Crippen LogP contribution in [0.4, 0.5) is 0 Å². The number of Topliss-reactive ketones (excluding diaryl/α,β-unsaturated/α-hetero) is 1. The minimum absolute atomic E-state index is 0.0147. The molecule has 0 heterocycles. The number of rotatable bonds is 4. The lowest BCUT2D eigenvalue weighted by Gasteiger charge is -2.15. The number of carboxylic acids is 1. The normalized spacial score (nSPS) is 14.6. The van der Waals surface area contributed by atoms with Crippen molar-refractivity contribution in [3.05, 3.63) is 58.1 Å². The van der Waals surface area contributed by atoms with Gasteiger partial charge in [-0.05, 0) is 11.6 Å². The van der Waals surface area contributed by atoms with E-state index in [4.69, 9.17) is 11.6 Å². The summed E-state index contributed by atoms with van der Waals surface area (Å²) in [4.78, 5) is 23.4. The molecule has 1 aromatic rings. The van der Waals surface area contributed by atoms with Gasteiger partial charge in [-0.3, -0.25) is 4.79 Å². The van der Waals surface area contributed by atoms with Gasteiger partial charge in [0.1, 0.15) is 0 Å². The predicted octanol–water partition coefficient (Wildman–Crippen LogP) is 2.22. The molecule has 5 nitrogen and oxygen atoms in total. The van der Waals surface area contributed by atoms with Crippen LogP contribution in [0, 0.1) is 0 Å². The molecule has 1 N–H and O–H groups in total. The molecule has 0 spiro atoms. The number of hydrogen-bond acceptors (Lipinski definition) is 4. The Labute approximate surface area is 133 Å². The fraction of sp³-hybridized carbons (Fsp3) is 0.133. The van der Waals surface area contributed by atoms with Gasteiger partial charge in [0.15, 0.2) is 5.78 Å². The topological polar surface area (TPSA) is 88.5 Å². The summed E-state index contributed by atoms with van der Waals surface area (Å²) in [5.74, 6) is -1.68. The van der Waals surface area contributed by atoms with Crippen LogP contribution in [0.15, 0.2) is 52.6 Å². The third-order valence-electron chi connectivity index (χ3n) is 3.16. The van der Waals surface area contributed by atoms with Crippen molar-refractivity contribution in [3.8, 4) is 0 Å². The molecule has 0 saturated carbocycles. The van der Waals surface area contributed by atoms with Crippen molar-refractivity contribution in [2.24, 2.45) is 0 Å². The average molecular weight is 339 g/mol. The van der Waals surface area contributed by atoms with Gasteiger partial charge in [0.2, 0.25) is 10.3 Å². The van der Waals surface area contributed by atoms with Crippen LogP contribution in [0.1, 0.15) is 23.2 Å². The summed E-state index contributed by atoms with van der Waals surface area (Å²) in [7, 11) is -2.64. The van der Waals surface area contributed by atoms with Crippen LogP contribution in [-0.2, 0) is 15.1 Å². The summed E-state index contributed by atoms with van der Waals surface area (Å²) >= 11 is 5.80. The molecule has 0 saturated heterocycles. The van der Waals surface area contributed by atoms with Gasteiger partial charge in [0.05, 0.1) is 10.4 Å². The summed E-state index contributed by atoms with van der Waals surface area (Å²) in [6, 6.07) is 8.26. The zero-order chi connectivity index (χ0) is 16.3. The van der Waals surface area contributed by atoms with Crippen LogP contribution in [-0.4, -0.2) is 30.1 Å². The maximum absolute atomic E-state index is 12.2. The van der Waals surface area contributed by atoms with Crippen LogP contribution < -0.4 is 0 Å². The highest BCUT2D eigenvalue weighted by molar-refractivity contribution is 7.73. The Balaban J connectivity index is 2.51. The molecule has 1 aliphatic rings. The van der Waals surface area contributed by atoms with Crippen molar-refractivity contribution in [1.82, 2.24) is 0 Å². The molecular formula is C15H11ClO5S. The van der Waals surface area contributed by atoms with Crippen LogP contribution >= 0.6 is 11.6 Å². The monoisotopic (exact) mass is 338 g/mol. The van der Waals surface area contributed by atoms with Crippen molar-refractivity contribution in [1.29, 1.82) is 0 Å². The molecule has 0 radical (unpaired) electrons. The van der Waals surface area contributed by atoms with Crippen LogP contribution in [0.5, 0.6) is 0 Å². The van der Waals surface area contributed by atoms with Crippen molar-refractivity contribution in [3.63, 3.8) is 0 Å². The van der Waals surface area contributed by atoms with E-state index in [1.54, 1.807) is 30.3 Å². The van der Waals surface area contributed by atoms with E-state index < -0.39 is 16.3 Å². The molecule has 0 atom stereocenters. The second-order valence-corrected chi connectivity index (χ2v) is 6.04. The standard InChI is InChI=1S/C15H11ClO5S/c16-10-6-12(15(18)19)11(14(7-10)22(20)21)8-13(17)9-4-2-1-3-5-9/h1-6H,7-8H2,(H,18,19). The zero-order valence-corrected chi connectivity index (χ0v) is 12.8. The molecule has 1 aliphatic carbocycles. The molecule has 7 heteroatoms. The maximum Gasteiger partial charge on any atom is 0.336 e. The molecule has 0 aromatic heterocycles. The lowest BCUT2D eigenvalue weighted by molar-refractivity contribution is -0.132. The van der Waals surface area contributed by atoms with Gasteiger partial charge in [-0.1, -0.05) is 41.9 Å². The third-order valence-corrected chi connectivity index (χ3v) is 4.19. The van der Waals surface area contributed by atoms with Crippen molar-refractivity contribution in [2.75, 3.05) is 0 Å². The number of benzene rings is 1. The number of allylic oxidation sites excluding steroid dienone is 2. The zero-order valence-electron chi connectivity index (χ0n) is 11.2. The lowest BCUT2D eigenvalue weighted by Crippen LogP contribution is -2.18. The molecule has 22 heavy (non-hydrogen) atoms. The van der Waals surface area contributed by atoms with E-state index in [9.17, 15) is 23.1 Å². The summed E-state index contributed by atoms with van der Waals surface area (Å²) in [6.07, 6.45) is 0.773. The number of aliphatic carboxylic acids is 1. The summed E-state index contributed by atoms with van der Waals surface area (Å²) < 4.78 is 22.7. The first kappa shape index (κ1) is 16.2. The molecule has 0 bridgehead atoms. The summed E-state index contributed by atoms with van der Waals surface area (Å²) in [5.41, 5.74) is 0.107. The Morgan fingerprint density at radius 3 is 2.36 bits per heavy atom. The fourth-order valence-electron chi connectivity index (χ4n) is 2.14. The fourth-order valence-corrected chi connectivity index (χ4v) is 3.11. The number of carbonyl (C=O) groups is 2. The van der Waals surface area contributed by atoms with Crippen LogP contribution in [0.2, 0.25) is 0 Å². The molecular weight excluding hydrogens is 328 g/mol. The Bertz CT molecular complexity index is 824. The van der Waals surface area contributed by atoms with Gasteiger partial charge < -0.3 is 5.11 Å². The SMILES string of the molecule is O=C(O)C1=C(CC(=O)c2ccccc2)C(=S(=O)=O)CC(Cl)=C1. The molecule has 1 aromatic carbocycles. The van der Waals surface area contributed by atoms with Crippen molar-refractivity contribution in [2.45, 2.75) is 12.8 Å². The Morgan fingerprint density at radius 1 is 1.18 bits per heavy atom. The van der Waals surface area contributed by atoms with Crippen molar-refractivity contribution < 1.29 is 23.1 Å². The highest BCUT2D eigenvalue weighted by Crippen LogP contribution is 2.27. The van der Waals surface area contributed by atoms with Crippen LogP contribution in [0.3, 0.4) is 0 Å². The van der Waals surface area contributed by atoms with Crippen molar-refractivity contribution >= 4 is 38.5 Å². The second-order valence-electron chi connectivity index (χ2n) is 4.59. The van der Waals surface area contributed by atoms with Gasteiger partial charge in [0, 0.05) is 23.4 Å². The maximum atomic E-state index is 12.2. The highest BCUT2D eigenvalue weighted by Gasteiger charge is 2.26. The van der Waals surface area contributed by atoms with Gasteiger partial charge in [-0.25, -0.2) is 4.79 Å². The number of hydrogen-bond donors (Lipinski definition) is 1. The number of ketones is 1. The first-order valence-electron chi connectivity index (χ1n) is 6.26. The van der Waals surface area contributed by atoms with Crippen LogP contribution in [0.25, 0.3) is 0 Å². The van der Waals surface area contributed by atoms with E-state index in [0.717, 1.165) is 0 Å². The van der Waals surface area contributed by atoms with E-state index in [0.29, 0.717) is 5.56 Å². The molecule has 114 valence electrons. The lowest BCUT2D eigenvalue weighted by atomic mass is 9.91. The summed E-state index contributed by atoms with van der Waals surface area (Å²) in [6.45, 7) is 0. The molecule has 0 amide bonds. The van der Waals surface area contributed by atoms with Gasteiger partial charge >= 0.3 is 5.97 Å². The molecule has 0 fully saturated rings. The minimum Gasteiger partial charge on any atom is -0.478 e. The number of halogens is 1. The smallest absolute Gasteiger partial charge is 0.336 e. The number of carboxylic acid groups (broad SMARTS) is 1. The quantitative estimate of drug-likeness (QED) is 0.671. The van der Waals surface area contributed by atoms with E-state index >= 15 is 0 Å².